The molecule has 1 heterocycles. The number of hydrogen-bond acceptors (Lipinski definition) is 5. The maximum Gasteiger partial charge on any atom is 0.238 e. The fraction of sp³-hybridized carbons (Fsp3) is 0.545. The molecule has 0 saturated carbocycles. The minimum Gasteiger partial charge on any atom is -0.479 e. The van der Waals surface area contributed by atoms with Gasteiger partial charge in [-0.3, -0.25) is 0 Å². The number of ether oxygens (including phenoxy) is 1. The van der Waals surface area contributed by atoms with Crippen molar-refractivity contribution in [1.82, 2.24) is 4.98 Å². The van der Waals surface area contributed by atoms with Crippen molar-refractivity contribution in [3.63, 3.8) is 0 Å². The fourth-order valence-corrected chi connectivity index (χ4v) is 1.83. The minimum absolute atomic E-state index is 0.240. The molecule has 1 rings (SSSR count). The zero-order valence-electron chi connectivity index (χ0n) is 10.6. The van der Waals surface area contributed by atoms with E-state index < -0.39 is 9.73 Å². The molecule has 0 fully saturated rings. The van der Waals surface area contributed by atoms with Crippen LogP contribution < -0.4 is 10.1 Å². The Morgan fingerprint density at radius 3 is 2.65 bits per heavy atom. The van der Waals surface area contributed by atoms with Crippen molar-refractivity contribution in [1.29, 1.82) is 4.78 Å². The van der Waals surface area contributed by atoms with Crippen LogP contribution in [0.25, 0.3) is 0 Å². The van der Waals surface area contributed by atoms with Crippen LogP contribution in [-0.4, -0.2) is 29.1 Å². The zero-order valence-corrected chi connectivity index (χ0v) is 11.4. The maximum absolute atomic E-state index is 11.6. The molecule has 0 aliphatic heterocycles. The molecule has 96 valence electrons. The summed E-state index contributed by atoms with van der Waals surface area (Å²) in [6, 6.07) is 3.35. The first-order chi connectivity index (χ1) is 7.84. The number of hydrogen-bond donors (Lipinski definition) is 2. The van der Waals surface area contributed by atoms with E-state index in [0.717, 1.165) is 12.2 Å². The standard InChI is InChI=1S/C11H19N3O2S/c1-8(2)7-13-9-5-6-10(17(4,12)15)14-11(9)16-3/h5-6,8,12-13H,7H2,1-4H3. The number of nitrogens with zero attached hydrogens (tertiary/aromatic N) is 1. The summed E-state index contributed by atoms with van der Waals surface area (Å²) in [4.78, 5) is 4.09. The van der Waals surface area contributed by atoms with E-state index in [2.05, 4.69) is 24.1 Å². The first-order valence-electron chi connectivity index (χ1n) is 5.37. The summed E-state index contributed by atoms with van der Waals surface area (Å²) in [5, 5.41) is 3.44. The van der Waals surface area contributed by atoms with Crippen molar-refractivity contribution in [2.45, 2.75) is 18.9 Å². The molecule has 0 radical (unpaired) electrons. The van der Waals surface area contributed by atoms with Crippen molar-refractivity contribution in [2.24, 2.45) is 5.92 Å². The highest BCUT2D eigenvalue weighted by molar-refractivity contribution is 7.91. The first-order valence-corrected chi connectivity index (χ1v) is 7.34. The Morgan fingerprint density at radius 1 is 1.53 bits per heavy atom. The predicted molar refractivity (Wildman–Crippen MR) is 69.2 cm³/mol. The van der Waals surface area contributed by atoms with Gasteiger partial charge in [0.25, 0.3) is 0 Å². The lowest BCUT2D eigenvalue weighted by Crippen LogP contribution is -2.10. The number of methoxy groups -OCH3 is 1. The van der Waals surface area contributed by atoms with Gasteiger partial charge in [-0.1, -0.05) is 13.8 Å². The smallest absolute Gasteiger partial charge is 0.238 e. The van der Waals surface area contributed by atoms with E-state index in [-0.39, 0.29) is 5.03 Å². The molecule has 6 heteroatoms. The van der Waals surface area contributed by atoms with E-state index in [0.29, 0.717) is 11.8 Å². The quantitative estimate of drug-likeness (QED) is 0.848. The van der Waals surface area contributed by atoms with E-state index >= 15 is 0 Å². The van der Waals surface area contributed by atoms with E-state index in [1.165, 1.54) is 13.4 Å². The fourth-order valence-electron chi connectivity index (χ4n) is 1.24. The maximum atomic E-state index is 11.6. The monoisotopic (exact) mass is 257 g/mol. The Bertz CT molecular complexity index is 483. The average Bonchev–Trinajstić information content (AvgIpc) is 2.24. The summed E-state index contributed by atoms with van der Waals surface area (Å²) in [6.07, 6.45) is 1.34. The first kappa shape index (κ1) is 13.8. The Balaban J connectivity index is 3.02. The molecule has 1 aromatic rings. The zero-order chi connectivity index (χ0) is 13.1. The van der Waals surface area contributed by atoms with Gasteiger partial charge in [0.15, 0.2) is 0 Å². The summed E-state index contributed by atoms with van der Waals surface area (Å²) >= 11 is 0. The van der Waals surface area contributed by atoms with E-state index in [1.807, 2.05) is 0 Å². The average molecular weight is 257 g/mol. The summed E-state index contributed by atoms with van der Waals surface area (Å²) in [5.41, 5.74) is 0.758. The van der Waals surface area contributed by atoms with Gasteiger partial charge in [0.2, 0.25) is 5.88 Å². The summed E-state index contributed by atoms with van der Waals surface area (Å²) in [6.45, 7) is 5.01. The second-order valence-electron chi connectivity index (χ2n) is 4.32. The predicted octanol–water partition coefficient (Wildman–Crippen LogP) is 2.19. The van der Waals surface area contributed by atoms with Crippen LogP contribution in [0, 0.1) is 10.7 Å². The van der Waals surface area contributed by atoms with Crippen LogP contribution in [0.3, 0.4) is 0 Å². The molecule has 1 unspecified atom stereocenters. The number of anilines is 1. The summed E-state index contributed by atoms with van der Waals surface area (Å²) in [7, 11) is -1.29. The molecule has 1 aromatic heterocycles. The lowest BCUT2D eigenvalue weighted by atomic mass is 10.2. The Morgan fingerprint density at radius 2 is 2.18 bits per heavy atom. The van der Waals surface area contributed by atoms with Crippen LogP contribution in [-0.2, 0) is 9.73 Å². The molecule has 17 heavy (non-hydrogen) atoms. The molecule has 2 N–H and O–H groups in total. The third kappa shape index (κ3) is 3.89. The van der Waals surface area contributed by atoms with Crippen molar-refractivity contribution in [3.8, 4) is 5.88 Å². The molecular weight excluding hydrogens is 238 g/mol. The molecule has 5 nitrogen and oxygen atoms in total. The van der Waals surface area contributed by atoms with Gasteiger partial charge in [-0.05, 0) is 18.1 Å². The van der Waals surface area contributed by atoms with Gasteiger partial charge in [-0.15, -0.1) is 0 Å². The molecule has 0 aliphatic rings. The van der Waals surface area contributed by atoms with Gasteiger partial charge in [0, 0.05) is 12.8 Å². The number of pyridine rings is 1. The minimum atomic E-state index is -2.80. The topological polar surface area (TPSA) is 75.1 Å². The van der Waals surface area contributed by atoms with Gasteiger partial charge in [0.05, 0.1) is 22.5 Å². The number of nitrogens with one attached hydrogen (secondary N) is 2. The van der Waals surface area contributed by atoms with Crippen molar-refractivity contribution in [2.75, 3.05) is 25.2 Å². The molecule has 0 saturated heterocycles. The largest absolute Gasteiger partial charge is 0.479 e. The SMILES string of the molecule is COc1nc(S(C)(=N)=O)ccc1NCC(C)C. The van der Waals surface area contributed by atoms with Gasteiger partial charge < -0.3 is 10.1 Å². The lowest BCUT2D eigenvalue weighted by molar-refractivity contribution is 0.396. The van der Waals surface area contributed by atoms with Gasteiger partial charge in [0.1, 0.15) is 5.03 Å². The Labute approximate surface area is 103 Å². The summed E-state index contributed by atoms with van der Waals surface area (Å²) < 4.78 is 24.2. The van der Waals surface area contributed by atoms with E-state index in [4.69, 9.17) is 9.52 Å². The van der Waals surface area contributed by atoms with Gasteiger partial charge >= 0.3 is 0 Å². The lowest BCUT2D eigenvalue weighted by Gasteiger charge is -2.13. The molecule has 0 bridgehead atoms. The van der Waals surface area contributed by atoms with E-state index in [9.17, 15) is 4.21 Å². The second-order valence-corrected chi connectivity index (χ2v) is 6.43. The Hall–Kier alpha value is -1.30. The van der Waals surface area contributed by atoms with Crippen LogP contribution in [0.15, 0.2) is 17.2 Å². The highest BCUT2D eigenvalue weighted by Crippen LogP contribution is 2.23. The molecular formula is C11H19N3O2S. The molecule has 0 aliphatic carbocycles. The normalized spacial score (nSPS) is 14.4. The highest BCUT2D eigenvalue weighted by atomic mass is 32.2. The van der Waals surface area contributed by atoms with E-state index in [1.54, 1.807) is 12.1 Å². The molecule has 0 amide bonds. The third-order valence-corrected chi connectivity index (χ3v) is 3.15. The van der Waals surface area contributed by atoms with Crippen LogP contribution in [0.1, 0.15) is 13.8 Å². The highest BCUT2D eigenvalue weighted by Gasteiger charge is 2.11. The molecule has 0 spiro atoms. The van der Waals surface area contributed by atoms with Crippen molar-refractivity contribution in [3.05, 3.63) is 12.1 Å². The Kier molecular flexibility index (Phi) is 4.34. The van der Waals surface area contributed by atoms with Crippen molar-refractivity contribution >= 4 is 15.4 Å². The molecule has 0 aromatic carbocycles. The second kappa shape index (κ2) is 5.35. The summed E-state index contributed by atoms with van der Waals surface area (Å²) in [5.74, 6) is 0.885. The molecule has 1 atom stereocenters. The van der Waals surface area contributed by atoms with Crippen molar-refractivity contribution < 1.29 is 8.95 Å². The van der Waals surface area contributed by atoms with Crippen LogP contribution in [0.2, 0.25) is 0 Å². The van der Waals surface area contributed by atoms with Gasteiger partial charge in [-0.2, -0.15) is 0 Å². The van der Waals surface area contributed by atoms with Crippen LogP contribution >= 0.6 is 0 Å². The third-order valence-electron chi connectivity index (χ3n) is 2.13. The van der Waals surface area contributed by atoms with Crippen LogP contribution in [0.5, 0.6) is 5.88 Å². The number of rotatable bonds is 5. The number of aromatic nitrogens is 1. The van der Waals surface area contributed by atoms with Crippen LogP contribution in [0.4, 0.5) is 5.69 Å². The van der Waals surface area contributed by atoms with Gasteiger partial charge in [-0.25, -0.2) is 14.0 Å².